The molecule has 6 nitrogen and oxygen atoms in total. The van der Waals surface area contributed by atoms with Gasteiger partial charge >= 0.3 is 20.0 Å². The monoisotopic (exact) mass is 551 g/mol. The third-order valence-electron chi connectivity index (χ3n) is 6.44. The molecule has 1 N–H and O–H groups in total. The van der Waals surface area contributed by atoms with Crippen LogP contribution in [0.1, 0.15) is 143 Å². The predicted octanol–water partition coefficient (Wildman–Crippen LogP) is 9.29. The lowest BCUT2D eigenvalue weighted by atomic mass is 10.1. The SMILES string of the molecule is CCCCCCCCCCCCSC(CCCCCCCC)C(C)OOC(OCCC)([PH+]=O)C(=O)O. The van der Waals surface area contributed by atoms with E-state index in [9.17, 15) is 14.5 Å². The summed E-state index contributed by atoms with van der Waals surface area (Å²) in [5, 5.41) is 9.73. The third-order valence-corrected chi connectivity index (χ3v) is 8.72. The van der Waals surface area contributed by atoms with Crippen LogP contribution in [0, 0.1) is 0 Å². The molecule has 0 fully saturated rings. The van der Waals surface area contributed by atoms with Gasteiger partial charge in [0.15, 0.2) is 0 Å². The second-order valence-corrected chi connectivity index (χ2v) is 12.1. The molecule has 8 heteroatoms. The summed E-state index contributed by atoms with van der Waals surface area (Å²) < 4.78 is 16.9. The fraction of sp³-hybridized carbons (Fsp3) is 0.964. The van der Waals surface area contributed by atoms with Crippen LogP contribution in [0.4, 0.5) is 0 Å². The molecule has 214 valence electrons. The molecule has 0 amide bonds. The van der Waals surface area contributed by atoms with Crippen LogP contribution in [0.3, 0.4) is 0 Å². The van der Waals surface area contributed by atoms with Gasteiger partial charge in [0, 0.05) is 5.25 Å². The first-order chi connectivity index (χ1) is 17.5. The fourth-order valence-electron chi connectivity index (χ4n) is 4.07. The molecular weight excluding hydrogens is 495 g/mol. The van der Waals surface area contributed by atoms with Crippen LogP contribution in [0.15, 0.2) is 0 Å². The van der Waals surface area contributed by atoms with E-state index >= 15 is 0 Å². The molecular formula is C28H56O6PS+. The average molecular weight is 552 g/mol. The Labute approximate surface area is 227 Å². The van der Waals surface area contributed by atoms with Gasteiger partial charge in [0.25, 0.3) is 0 Å². The number of hydrogen-bond acceptors (Lipinski definition) is 6. The lowest BCUT2D eigenvalue weighted by molar-refractivity contribution is -0.402. The molecule has 0 bridgehead atoms. The number of carboxylic acids is 1. The smallest absolute Gasteiger partial charge is 0.474 e. The zero-order valence-electron chi connectivity index (χ0n) is 23.7. The van der Waals surface area contributed by atoms with Crippen molar-refractivity contribution < 1.29 is 29.0 Å². The first-order valence-electron chi connectivity index (χ1n) is 14.7. The summed E-state index contributed by atoms with van der Waals surface area (Å²) >= 11 is 1.89. The van der Waals surface area contributed by atoms with Crippen molar-refractivity contribution in [2.75, 3.05) is 12.4 Å². The summed E-state index contributed by atoms with van der Waals surface area (Å²) in [5.41, 5.74) is -2.25. The van der Waals surface area contributed by atoms with Gasteiger partial charge in [-0.25, -0.2) is 9.68 Å². The Morgan fingerprint density at radius 3 is 1.78 bits per heavy atom. The molecule has 0 aromatic heterocycles. The summed E-state index contributed by atoms with van der Waals surface area (Å²) in [6.45, 7) is 8.38. The van der Waals surface area contributed by atoms with Crippen LogP contribution < -0.4 is 0 Å². The molecule has 36 heavy (non-hydrogen) atoms. The van der Waals surface area contributed by atoms with Gasteiger partial charge in [-0.1, -0.05) is 122 Å². The van der Waals surface area contributed by atoms with E-state index < -0.39 is 20.0 Å². The van der Waals surface area contributed by atoms with Gasteiger partial charge < -0.3 is 5.11 Å². The number of thioether (sulfide) groups is 1. The van der Waals surface area contributed by atoms with Crippen molar-refractivity contribution in [3.63, 3.8) is 0 Å². The largest absolute Gasteiger partial charge is 0.497 e. The minimum atomic E-state index is -2.25. The highest BCUT2D eigenvalue weighted by Crippen LogP contribution is 2.31. The quantitative estimate of drug-likeness (QED) is 0.0341. The van der Waals surface area contributed by atoms with Crippen molar-refractivity contribution in [3.8, 4) is 0 Å². The first kappa shape index (κ1) is 35.8. The number of aliphatic carboxylic acids is 1. The minimum Gasteiger partial charge on any atom is -0.474 e. The number of carbonyl (C=O) groups is 1. The highest BCUT2D eigenvalue weighted by atomic mass is 32.2. The van der Waals surface area contributed by atoms with Crippen molar-refractivity contribution in [2.24, 2.45) is 0 Å². The highest BCUT2D eigenvalue weighted by molar-refractivity contribution is 7.99. The summed E-state index contributed by atoms with van der Waals surface area (Å²) in [4.78, 5) is 22.5. The maximum atomic E-state index is 11.7. The number of hydrogen-bond donors (Lipinski definition) is 1. The highest BCUT2D eigenvalue weighted by Gasteiger charge is 2.54. The predicted molar refractivity (Wildman–Crippen MR) is 153 cm³/mol. The van der Waals surface area contributed by atoms with Crippen molar-refractivity contribution in [1.29, 1.82) is 0 Å². The molecule has 0 rings (SSSR count). The normalized spacial score (nSPS) is 15.1. The molecule has 4 unspecified atom stereocenters. The van der Waals surface area contributed by atoms with Crippen molar-refractivity contribution in [2.45, 2.75) is 160 Å². The second-order valence-electron chi connectivity index (χ2n) is 9.90. The van der Waals surface area contributed by atoms with E-state index in [-0.39, 0.29) is 18.0 Å². The average Bonchev–Trinajstić information content (AvgIpc) is 2.88. The van der Waals surface area contributed by atoms with Crippen molar-refractivity contribution >= 4 is 26.2 Å². The number of unbranched alkanes of at least 4 members (excludes halogenated alkanes) is 14. The van der Waals surface area contributed by atoms with Gasteiger partial charge in [-0.2, -0.15) is 11.8 Å². The summed E-state index contributed by atoms with van der Waals surface area (Å²) in [6, 6.07) is 0. The van der Waals surface area contributed by atoms with Crippen molar-refractivity contribution in [3.05, 3.63) is 0 Å². The molecule has 0 aliphatic carbocycles. The van der Waals surface area contributed by atoms with Gasteiger partial charge in [0.2, 0.25) is 0 Å². The number of carboxylic acid groups (broad SMARTS) is 1. The molecule has 0 aromatic carbocycles. The lowest BCUT2D eigenvalue weighted by Crippen LogP contribution is -2.41. The maximum Gasteiger partial charge on any atom is 0.497 e. The molecule has 0 radical (unpaired) electrons. The van der Waals surface area contributed by atoms with E-state index in [2.05, 4.69) is 13.8 Å². The van der Waals surface area contributed by atoms with E-state index in [4.69, 9.17) is 14.5 Å². The van der Waals surface area contributed by atoms with Crippen LogP contribution in [0.5, 0.6) is 0 Å². The van der Waals surface area contributed by atoms with E-state index in [0.29, 0.717) is 6.42 Å². The molecule has 0 aliphatic heterocycles. The summed E-state index contributed by atoms with van der Waals surface area (Å²) in [7, 11) is -1.32. The van der Waals surface area contributed by atoms with Crippen LogP contribution >= 0.6 is 20.2 Å². The maximum absolute atomic E-state index is 11.7. The molecule has 4 atom stereocenters. The Balaban J connectivity index is 4.54. The summed E-state index contributed by atoms with van der Waals surface area (Å²) in [6.07, 6.45) is 21.8. The van der Waals surface area contributed by atoms with Crippen LogP contribution in [0.2, 0.25) is 0 Å². The Bertz CT molecular complexity index is 524. The molecule has 0 saturated heterocycles. The zero-order chi connectivity index (χ0) is 26.9. The van der Waals surface area contributed by atoms with E-state index in [1.807, 2.05) is 25.6 Å². The molecule has 0 aromatic rings. The standard InChI is InChI=1S/C28H55O6PS/c1-5-8-10-12-14-15-16-17-19-21-24-36-26(22-20-18-13-11-9-6-2)25(4)33-34-28(35-31,27(29)30)32-23-7-3/h25-26H,5-24H2,1-4H3,(H,29,30)/p+1. The number of ether oxygens (including phenoxy) is 1. The third kappa shape index (κ3) is 18.1. The molecule has 0 spiro atoms. The Morgan fingerprint density at radius 2 is 1.31 bits per heavy atom. The first-order valence-corrected chi connectivity index (χ1v) is 16.7. The van der Waals surface area contributed by atoms with Crippen LogP contribution in [0.25, 0.3) is 0 Å². The van der Waals surface area contributed by atoms with E-state index in [1.165, 1.54) is 96.3 Å². The van der Waals surface area contributed by atoms with E-state index in [1.54, 1.807) is 0 Å². The van der Waals surface area contributed by atoms with Gasteiger partial charge in [0.05, 0.1) is 6.61 Å². The Morgan fingerprint density at radius 1 is 0.806 bits per heavy atom. The van der Waals surface area contributed by atoms with Gasteiger partial charge in [0.1, 0.15) is 6.10 Å². The van der Waals surface area contributed by atoms with Gasteiger partial charge in [-0.3, -0.25) is 4.74 Å². The van der Waals surface area contributed by atoms with Crippen LogP contribution in [-0.4, -0.2) is 40.3 Å². The molecule has 0 heterocycles. The van der Waals surface area contributed by atoms with Gasteiger partial charge in [-0.15, -0.1) is 4.89 Å². The van der Waals surface area contributed by atoms with Crippen LogP contribution in [-0.2, 0) is 23.9 Å². The Hall–Kier alpha value is -0.200. The van der Waals surface area contributed by atoms with E-state index in [0.717, 1.165) is 18.6 Å². The summed E-state index contributed by atoms with van der Waals surface area (Å²) in [5.74, 6) is -0.369. The zero-order valence-corrected chi connectivity index (χ0v) is 25.5. The molecule has 0 saturated carbocycles. The van der Waals surface area contributed by atoms with Gasteiger partial charge in [-0.05, 0) is 31.9 Å². The minimum absolute atomic E-state index is 0.133. The fourth-order valence-corrected chi connectivity index (χ4v) is 5.72. The van der Waals surface area contributed by atoms with Crippen molar-refractivity contribution in [1.82, 2.24) is 0 Å². The number of rotatable bonds is 28. The lowest BCUT2D eigenvalue weighted by Gasteiger charge is -2.25. The topological polar surface area (TPSA) is 82.1 Å². The molecule has 0 aliphatic rings. The second kappa shape index (κ2) is 25.1. The Kier molecular flexibility index (Phi) is 25.0.